The summed E-state index contributed by atoms with van der Waals surface area (Å²) < 4.78 is 2.49. The van der Waals surface area contributed by atoms with Gasteiger partial charge in [0.2, 0.25) is 0 Å². The minimum atomic E-state index is -0.143. The minimum absolute atomic E-state index is 0.00511. The van der Waals surface area contributed by atoms with Crippen LogP contribution in [0.3, 0.4) is 0 Å². The van der Waals surface area contributed by atoms with Gasteiger partial charge in [0.25, 0.3) is 5.91 Å². The highest BCUT2D eigenvalue weighted by molar-refractivity contribution is 7.16. The van der Waals surface area contributed by atoms with Crippen molar-refractivity contribution in [1.82, 2.24) is 9.47 Å². The number of rotatable bonds is 6. The number of anilines is 1. The van der Waals surface area contributed by atoms with Crippen LogP contribution in [-0.4, -0.2) is 28.5 Å². The number of piperidine rings is 1. The van der Waals surface area contributed by atoms with Crippen molar-refractivity contribution >= 4 is 33.1 Å². The SMILES string of the molecule is Cn1c(=O)sc2cc(NC(=O)c3ccc(CN4CCC(Cc5ccccc5)CC4)cc3)ccc21. The van der Waals surface area contributed by atoms with Crippen molar-refractivity contribution in [2.45, 2.75) is 25.8 Å². The highest BCUT2D eigenvalue weighted by Gasteiger charge is 2.19. The largest absolute Gasteiger partial charge is 0.322 e. The van der Waals surface area contributed by atoms with E-state index in [1.165, 1.54) is 41.7 Å². The Bertz CT molecular complexity index is 1330. The molecule has 5 nitrogen and oxygen atoms in total. The van der Waals surface area contributed by atoms with Gasteiger partial charge >= 0.3 is 4.87 Å². The van der Waals surface area contributed by atoms with E-state index in [2.05, 4.69) is 52.7 Å². The number of hydrogen-bond donors (Lipinski definition) is 1. The molecule has 0 atom stereocenters. The Balaban J connectivity index is 1.14. The van der Waals surface area contributed by atoms with Crippen molar-refractivity contribution in [2.75, 3.05) is 18.4 Å². The Morgan fingerprint density at radius 1 is 0.971 bits per heavy atom. The first-order valence-corrected chi connectivity index (χ1v) is 12.6. The topological polar surface area (TPSA) is 54.3 Å². The predicted octanol–water partition coefficient (Wildman–Crippen LogP) is 5.31. The normalized spacial score (nSPS) is 15.0. The standard InChI is InChI=1S/C28H29N3O2S/c1-30-25-12-11-24(18-26(25)34-28(30)33)29-27(32)23-9-7-22(8-10-23)19-31-15-13-21(14-16-31)17-20-5-3-2-4-6-20/h2-12,18,21H,13-17,19H2,1H3,(H,29,32). The number of carbonyl (C=O) groups excluding carboxylic acids is 1. The fourth-order valence-electron chi connectivity index (χ4n) is 4.73. The van der Waals surface area contributed by atoms with Crippen LogP contribution in [0.1, 0.15) is 34.3 Å². The fourth-order valence-corrected chi connectivity index (χ4v) is 5.65. The second kappa shape index (κ2) is 9.95. The number of hydrogen-bond acceptors (Lipinski definition) is 4. The summed E-state index contributed by atoms with van der Waals surface area (Å²) in [6.45, 7) is 3.16. The highest BCUT2D eigenvalue weighted by Crippen LogP contribution is 2.24. The molecule has 0 aliphatic carbocycles. The van der Waals surface area contributed by atoms with E-state index < -0.39 is 0 Å². The molecule has 34 heavy (non-hydrogen) atoms. The third-order valence-corrected chi connectivity index (χ3v) is 7.74. The average molecular weight is 472 g/mol. The van der Waals surface area contributed by atoms with Gasteiger partial charge in [-0.25, -0.2) is 0 Å². The van der Waals surface area contributed by atoms with Crippen LogP contribution in [-0.2, 0) is 20.0 Å². The molecule has 1 aliphatic rings. The zero-order valence-corrected chi connectivity index (χ0v) is 20.2. The van der Waals surface area contributed by atoms with Crippen LogP contribution in [0.2, 0.25) is 0 Å². The molecule has 1 aliphatic heterocycles. The van der Waals surface area contributed by atoms with Crippen LogP contribution < -0.4 is 10.2 Å². The molecule has 1 fully saturated rings. The van der Waals surface area contributed by atoms with Gasteiger partial charge in [0.1, 0.15) is 0 Å². The average Bonchev–Trinajstić information content (AvgIpc) is 3.14. The first-order chi connectivity index (χ1) is 16.5. The molecular formula is C28H29N3O2S. The van der Waals surface area contributed by atoms with Crippen molar-refractivity contribution in [3.8, 4) is 0 Å². The molecule has 6 heteroatoms. The van der Waals surface area contributed by atoms with Crippen LogP contribution in [0.15, 0.2) is 77.6 Å². The van der Waals surface area contributed by atoms with Gasteiger partial charge in [-0.3, -0.25) is 14.5 Å². The summed E-state index contributed by atoms with van der Waals surface area (Å²) >= 11 is 1.19. The highest BCUT2D eigenvalue weighted by atomic mass is 32.1. The lowest BCUT2D eigenvalue weighted by Gasteiger charge is -2.32. The molecule has 3 aromatic carbocycles. The molecule has 174 valence electrons. The van der Waals surface area contributed by atoms with E-state index in [0.29, 0.717) is 11.3 Å². The zero-order chi connectivity index (χ0) is 23.5. The van der Waals surface area contributed by atoms with E-state index in [-0.39, 0.29) is 10.8 Å². The summed E-state index contributed by atoms with van der Waals surface area (Å²) in [5.41, 5.74) is 4.87. The molecule has 0 unspecified atom stereocenters. The summed E-state index contributed by atoms with van der Waals surface area (Å²) in [7, 11) is 1.76. The van der Waals surface area contributed by atoms with Gasteiger partial charge < -0.3 is 9.88 Å². The quantitative estimate of drug-likeness (QED) is 0.415. The maximum absolute atomic E-state index is 12.7. The first kappa shape index (κ1) is 22.6. The molecular weight excluding hydrogens is 442 g/mol. The Labute approximate surface area is 203 Å². The molecule has 1 saturated heterocycles. The number of carbonyl (C=O) groups is 1. The van der Waals surface area contributed by atoms with E-state index in [1.807, 2.05) is 30.3 Å². The van der Waals surface area contributed by atoms with Gasteiger partial charge in [-0.05, 0) is 79.7 Å². The number of benzene rings is 3. The molecule has 1 N–H and O–H groups in total. The lowest BCUT2D eigenvalue weighted by Crippen LogP contribution is -2.33. The lowest BCUT2D eigenvalue weighted by atomic mass is 9.90. The van der Waals surface area contributed by atoms with Crippen LogP contribution in [0, 0.1) is 5.92 Å². The van der Waals surface area contributed by atoms with Gasteiger partial charge in [0, 0.05) is 24.8 Å². The second-order valence-corrected chi connectivity index (χ2v) is 10.2. The molecule has 0 spiro atoms. The van der Waals surface area contributed by atoms with Crippen LogP contribution in [0.25, 0.3) is 10.2 Å². The Hall–Kier alpha value is -3.22. The third-order valence-electron chi connectivity index (χ3n) is 6.75. The monoisotopic (exact) mass is 471 g/mol. The Morgan fingerprint density at radius 2 is 1.71 bits per heavy atom. The number of nitrogens with zero attached hydrogens (tertiary/aromatic N) is 2. The molecule has 1 amide bonds. The molecule has 5 rings (SSSR count). The van der Waals surface area contributed by atoms with Crippen LogP contribution in [0.5, 0.6) is 0 Å². The smallest absolute Gasteiger partial charge is 0.307 e. The summed E-state index contributed by atoms with van der Waals surface area (Å²) in [6, 6.07) is 24.2. The number of thiazole rings is 1. The van der Waals surface area contributed by atoms with Gasteiger partial charge in [-0.1, -0.05) is 53.8 Å². The van der Waals surface area contributed by atoms with Gasteiger partial charge in [0.05, 0.1) is 10.2 Å². The van der Waals surface area contributed by atoms with Crippen LogP contribution >= 0.6 is 11.3 Å². The van der Waals surface area contributed by atoms with Crippen molar-refractivity contribution in [2.24, 2.45) is 13.0 Å². The lowest BCUT2D eigenvalue weighted by molar-refractivity contribution is 0.102. The molecule has 0 saturated carbocycles. The number of amides is 1. The number of nitrogens with one attached hydrogen (secondary N) is 1. The molecule has 1 aromatic heterocycles. The van der Waals surface area contributed by atoms with Crippen molar-refractivity contribution in [1.29, 1.82) is 0 Å². The third kappa shape index (κ3) is 5.13. The maximum atomic E-state index is 12.7. The van der Waals surface area contributed by atoms with Gasteiger partial charge in [-0.2, -0.15) is 0 Å². The number of fused-ring (bicyclic) bond motifs is 1. The predicted molar refractivity (Wildman–Crippen MR) is 140 cm³/mol. The Morgan fingerprint density at radius 3 is 2.44 bits per heavy atom. The van der Waals surface area contributed by atoms with Crippen molar-refractivity contribution in [3.63, 3.8) is 0 Å². The van der Waals surface area contributed by atoms with Gasteiger partial charge in [0.15, 0.2) is 0 Å². The van der Waals surface area contributed by atoms with E-state index >= 15 is 0 Å². The molecule has 4 aromatic rings. The number of aryl methyl sites for hydroxylation is 1. The Kier molecular flexibility index (Phi) is 6.61. The zero-order valence-electron chi connectivity index (χ0n) is 19.4. The van der Waals surface area contributed by atoms with E-state index in [4.69, 9.17) is 0 Å². The van der Waals surface area contributed by atoms with Crippen molar-refractivity contribution < 1.29 is 4.79 Å². The van der Waals surface area contributed by atoms with Gasteiger partial charge in [-0.15, -0.1) is 0 Å². The number of likely N-dealkylation sites (tertiary alicyclic amines) is 1. The summed E-state index contributed by atoms with van der Waals surface area (Å²) in [5.74, 6) is 0.622. The number of aromatic nitrogens is 1. The molecule has 2 heterocycles. The van der Waals surface area contributed by atoms with Crippen molar-refractivity contribution in [3.05, 3.63) is 99.2 Å². The van der Waals surface area contributed by atoms with E-state index in [9.17, 15) is 9.59 Å². The summed E-state index contributed by atoms with van der Waals surface area (Å²) in [4.78, 5) is 27.1. The maximum Gasteiger partial charge on any atom is 0.307 e. The second-order valence-electron chi connectivity index (χ2n) is 9.17. The molecule has 0 radical (unpaired) electrons. The van der Waals surface area contributed by atoms with E-state index in [1.54, 1.807) is 11.6 Å². The fraction of sp³-hybridized carbons (Fsp3) is 0.286. The summed E-state index contributed by atoms with van der Waals surface area (Å²) in [5, 5.41) is 2.95. The molecule has 0 bridgehead atoms. The first-order valence-electron chi connectivity index (χ1n) is 11.8. The summed E-state index contributed by atoms with van der Waals surface area (Å²) in [6.07, 6.45) is 3.64. The van der Waals surface area contributed by atoms with E-state index in [0.717, 1.165) is 35.8 Å². The van der Waals surface area contributed by atoms with Crippen LogP contribution in [0.4, 0.5) is 5.69 Å². The minimum Gasteiger partial charge on any atom is -0.322 e.